The molecule has 3 heteroatoms. The minimum Gasteiger partial charge on any atom is -0.417 e. The first-order valence-corrected chi connectivity index (χ1v) is 8.71. The van der Waals surface area contributed by atoms with Gasteiger partial charge in [0.1, 0.15) is 6.29 Å². The highest BCUT2D eigenvalue weighted by atomic mass is 28.4. The predicted octanol–water partition coefficient (Wildman–Crippen LogP) is 3.62. The molecule has 0 aromatic heterocycles. The zero-order valence-electron chi connectivity index (χ0n) is 11.1. The molecule has 0 radical (unpaired) electrons. The molecule has 15 heavy (non-hydrogen) atoms. The highest BCUT2D eigenvalue weighted by Crippen LogP contribution is 2.36. The van der Waals surface area contributed by atoms with Crippen LogP contribution in [0.25, 0.3) is 0 Å². The summed E-state index contributed by atoms with van der Waals surface area (Å²) in [6.07, 6.45) is 2.96. The fourth-order valence-corrected chi connectivity index (χ4v) is 2.10. The van der Waals surface area contributed by atoms with Crippen molar-refractivity contribution in [3.8, 4) is 0 Å². The van der Waals surface area contributed by atoms with Gasteiger partial charge in [0.15, 0.2) is 8.32 Å². The fourth-order valence-electron chi connectivity index (χ4n) is 1.02. The van der Waals surface area contributed by atoms with Gasteiger partial charge in [-0.15, -0.1) is 0 Å². The number of aldehydes is 1. The van der Waals surface area contributed by atoms with Gasteiger partial charge in [0.25, 0.3) is 0 Å². The summed E-state index contributed by atoms with van der Waals surface area (Å²) in [5.74, 6) is 0.174. The maximum Gasteiger partial charge on any atom is 0.191 e. The van der Waals surface area contributed by atoms with Gasteiger partial charge in [-0.3, -0.25) is 0 Å². The number of hydrogen-bond acceptors (Lipinski definition) is 2. The molecule has 1 atom stereocenters. The monoisotopic (exact) mass is 230 g/mol. The van der Waals surface area contributed by atoms with E-state index in [1.165, 1.54) is 0 Å². The molecule has 0 aromatic rings. The predicted molar refractivity (Wildman–Crippen MR) is 67.6 cm³/mol. The zero-order valence-corrected chi connectivity index (χ0v) is 12.1. The molecule has 0 aliphatic rings. The molecular formula is C12H26O2Si. The van der Waals surface area contributed by atoms with E-state index in [4.69, 9.17) is 4.43 Å². The highest BCUT2D eigenvalue weighted by molar-refractivity contribution is 6.74. The van der Waals surface area contributed by atoms with Crippen molar-refractivity contribution in [3.05, 3.63) is 0 Å². The van der Waals surface area contributed by atoms with Gasteiger partial charge in [-0.05, 0) is 31.0 Å². The molecule has 0 N–H and O–H groups in total. The van der Waals surface area contributed by atoms with E-state index in [2.05, 4.69) is 33.9 Å². The molecule has 0 aliphatic carbocycles. The number of carbonyl (C=O) groups is 1. The van der Waals surface area contributed by atoms with Gasteiger partial charge in [0.05, 0.1) is 0 Å². The molecule has 0 unspecified atom stereocenters. The Balaban J connectivity index is 3.81. The first-order valence-electron chi connectivity index (χ1n) is 5.80. The topological polar surface area (TPSA) is 26.3 Å². The van der Waals surface area contributed by atoms with Crippen LogP contribution in [0.2, 0.25) is 18.1 Å². The van der Waals surface area contributed by atoms with Crippen LogP contribution >= 0.6 is 0 Å². The fraction of sp³-hybridized carbons (Fsp3) is 0.917. The average molecular weight is 230 g/mol. The Labute approximate surface area is 95.5 Å². The SMILES string of the molecule is C[C@@H](C=O)CCCO[Si](C)(C)C(C)(C)C. The third-order valence-corrected chi connectivity index (χ3v) is 7.84. The van der Waals surface area contributed by atoms with Crippen molar-refractivity contribution in [2.45, 2.75) is 58.7 Å². The van der Waals surface area contributed by atoms with Gasteiger partial charge in [0.2, 0.25) is 0 Å². The molecule has 90 valence electrons. The minimum atomic E-state index is -1.58. The van der Waals surface area contributed by atoms with Crippen LogP contribution in [0.1, 0.15) is 40.5 Å². The summed E-state index contributed by atoms with van der Waals surface area (Å²) in [4.78, 5) is 10.4. The summed E-state index contributed by atoms with van der Waals surface area (Å²) in [6.45, 7) is 14.0. The second-order valence-electron chi connectivity index (χ2n) is 5.86. The van der Waals surface area contributed by atoms with Gasteiger partial charge in [-0.25, -0.2) is 0 Å². The quantitative estimate of drug-likeness (QED) is 0.396. The third-order valence-electron chi connectivity index (χ3n) is 3.31. The third kappa shape index (κ3) is 5.47. The van der Waals surface area contributed by atoms with Gasteiger partial charge in [0, 0.05) is 12.5 Å². The van der Waals surface area contributed by atoms with Crippen molar-refractivity contribution in [2.24, 2.45) is 5.92 Å². The number of rotatable bonds is 6. The summed E-state index contributed by atoms with van der Waals surface area (Å²) in [5, 5.41) is 0.281. The maximum absolute atomic E-state index is 10.4. The van der Waals surface area contributed by atoms with Crippen molar-refractivity contribution >= 4 is 14.6 Å². The van der Waals surface area contributed by atoms with Crippen LogP contribution in [-0.2, 0) is 9.22 Å². The first-order chi connectivity index (χ1) is 6.70. The Kier molecular flexibility index (Phi) is 5.74. The standard InChI is InChI=1S/C12H26O2Si/c1-11(10-13)8-7-9-14-15(5,6)12(2,3)4/h10-11H,7-9H2,1-6H3/t11-/m1/s1. The van der Waals surface area contributed by atoms with Crippen molar-refractivity contribution in [1.29, 1.82) is 0 Å². The van der Waals surface area contributed by atoms with E-state index in [1.807, 2.05) is 6.92 Å². The Bertz CT molecular complexity index is 194. The molecule has 0 fully saturated rings. The van der Waals surface area contributed by atoms with Crippen LogP contribution in [-0.4, -0.2) is 21.2 Å². The van der Waals surface area contributed by atoms with Crippen molar-refractivity contribution < 1.29 is 9.22 Å². The Morgan fingerprint density at radius 3 is 2.27 bits per heavy atom. The second-order valence-corrected chi connectivity index (χ2v) is 10.7. The van der Waals surface area contributed by atoms with Crippen molar-refractivity contribution in [3.63, 3.8) is 0 Å². The smallest absolute Gasteiger partial charge is 0.191 e. The van der Waals surface area contributed by atoms with Crippen LogP contribution in [0, 0.1) is 5.92 Å². The van der Waals surface area contributed by atoms with E-state index in [0.29, 0.717) is 0 Å². The van der Waals surface area contributed by atoms with E-state index in [9.17, 15) is 4.79 Å². The Hall–Kier alpha value is -0.153. The van der Waals surface area contributed by atoms with Gasteiger partial charge < -0.3 is 9.22 Å². The van der Waals surface area contributed by atoms with E-state index < -0.39 is 8.32 Å². The van der Waals surface area contributed by atoms with Gasteiger partial charge >= 0.3 is 0 Å². The summed E-state index contributed by atoms with van der Waals surface area (Å²) >= 11 is 0. The molecule has 0 rings (SSSR count). The number of hydrogen-bond donors (Lipinski definition) is 0. The van der Waals surface area contributed by atoms with Crippen molar-refractivity contribution in [1.82, 2.24) is 0 Å². The first kappa shape index (κ1) is 14.8. The van der Waals surface area contributed by atoms with E-state index in [0.717, 1.165) is 25.7 Å². The Morgan fingerprint density at radius 1 is 1.33 bits per heavy atom. The molecule has 0 amide bonds. The molecular weight excluding hydrogens is 204 g/mol. The summed E-state index contributed by atoms with van der Waals surface area (Å²) < 4.78 is 6.01. The molecule has 0 aliphatic heterocycles. The Morgan fingerprint density at radius 2 is 1.87 bits per heavy atom. The molecule has 0 saturated heterocycles. The van der Waals surface area contributed by atoms with E-state index in [1.54, 1.807) is 0 Å². The van der Waals surface area contributed by atoms with Crippen LogP contribution in [0.15, 0.2) is 0 Å². The normalized spacial score (nSPS) is 15.1. The van der Waals surface area contributed by atoms with Crippen molar-refractivity contribution in [2.75, 3.05) is 6.61 Å². The lowest BCUT2D eigenvalue weighted by Crippen LogP contribution is -2.41. The average Bonchev–Trinajstić information content (AvgIpc) is 2.10. The van der Waals surface area contributed by atoms with Crippen LogP contribution in [0.5, 0.6) is 0 Å². The highest BCUT2D eigenvalue weighted by Gasteiger charge is 2.36. The zero-order chi connectivity index (χ0) is 12.1. The van der Waals surface area contributed by atoms with Crippen LogP contribution in [0.4, 0.5) is 0 Å². The van der Waals surface area contributed by atoms with Gasteiger partial charge in [-0.2, -0.15) is 0 Å². The summed E-state index contributed by atoms with van der Waals surface area (Å²) in [6, 6.07) is 0. The van der Waals surface area contributed by atoms with Crippen LogP contribution in [0.3, 0.4) is 0 Å². The molecule has 2 nitrogen and oxygen atoms in total. The lowest BCUT2D eigenvalue weighted by molar-refractivity contribution is -0.110. The molecule has 0 saturated carbocycles. The largest absolute Gasteiger partial charge is 0.417 e. The number of carbonyl (C=O) groups excluding carboxylic acids is 1. The molecule has 0 bridgehead atoms. The maximum atomic E-state index is 10.4. The van der Waals surface area contributed by atoms with E-state index >= 15 is 0 Å². The van der Waals surface area contributed by atoms with E-state index in [-0.39, 0.29) is 11.0 Å². The lowest BCUT2D eigenvalue weighted by Gasteiger charge is -2.36. The van der Waals surface area contributed by atoms with Crippen LogP contribution < -0.4 is 0 Å². The second kappa shape index (κ2) is 5.80. The lowest BCUT2D eigenvalue weighted by atomic mass is 10.1. The summed E-state index contributed by atoms with van der Waals surface area (Å²) in [5.41, 5.74) is 0. The minimum absolute atomic E-state index is 0.174. The molecule has 0 aromatic carbocycles. The van der Waals surface area contributed by atoms with Gasteiger partial charge in [-0.1, -0.05) is 27.7 Å². The molecule has 0 spiro atoms. The molecule has 0 heterocycles. The summed E-state index contributed by atoms with van der Waals surface area (Å²) in [7, 11) is -1.58.